The van der Waals surface area contributed by atoms with Crippen LogP contribution in [0.3, 0.4) is 0 Å². The smallest absolute Gasteiger partial charge is 0.339 e. The van der Waals surface area contributed by atoms with E-state index >= 15 is 0 Å². The van der Waals surface area contributed by atoms with Gasteiger partial charge in [0.2, 0.25) is 0 Å². The number of methoxy groups -OCH3 is 1. The van der Waals surface area contributed by atoms with E-state index in [1.165, 1.54) is 13.1 Å². The predicted molar refractivity (Wildman–Crippen MR) is 131 cm³/mol. The van der Waals surface area contributed by atoms with Gasteiger partial charge < -0.3 is 33.2 Å². The van der Waals surface area contributed by atoms with Crippen molar-refractivity contribution in [3.05, 3.63) is 43.0 Å². The van der Waals surface area contributed by atoms with Crippen LogP contribution in [-0.2, 0) is 52.3 Å². The van der Waals surface area contributed by atoms with E-state index < -0.39 is 90.8 Å². The molecule has 0 bridgehead atoms. The molecule has 3 rings (SSSR count). The van der Waals surface area contributed by atoms with Gasteiger partial charge in [0.25, 0.3) is 5.56 Å². The van der Waals surface area contributed by atoms with Crippen molar-refractivity contribution >= 4 is 23.9 Å². The average molecular weight is 584 g/mol. The Morgan fingerprint density at radius 2 is 1.66 bits per heavy atom. The number of H-pyrrole nitrogens is 1. The monoisotopic (exact) mass is 583 g/mol. The molecule has 0 radical (unpaired) electrons. The van der Waals surface area contributed by atoms with Gasteiger partial charge in [-0.25, -0.2) is 9.59 Å². The van der Waals surface area contributed by atoms with E-state index in [2.05, 4.69) is 15.0 Å². The summed E-state index contributed by atoms with van der Waals surface area (Å²) < 4.78 is 39.1. The number of ether oxygens (including phenoxy) is 7. The molecule has 2 saturated heterocycles. The molecule has 2 aliphatic rings. The molecule has 0 amide bonds. The lowest BCUT2D eigenvalue weighted by atomic mass is 9.97. The summed E-state index contributed by atoms with van der Waals surface area (Å²) in [5, 5.41) is 3.70. The minimum Gasteiger partial charge on any atom is -0.467 e. The highest BCUT2D eigenvalue weighted by Crippen LogP contribution is 2.33. The van der Waals surface area contributed by atoms with E-state index in [9.17, 15) is 28.8 Å². The van der Waals surface area contributed by atoms with Crippen LogP contribution >= 0.6 is 0 Å². The lowest BCUT2D eigenvalue weighted by Gasteiger charge is -2.43. The number of esters is 4. The van der Waals surface area contributed by atoms with E-state index in [0.29, 0.717) is 0 Å². The van der Waals surface area contributed by atoms with E-state index in [0.717, 1.165) is 32.4 Å². The van der Waals surface area contributed by atoms with Crippen LogP contribution in [0.15, 0.2) is 20.9 Å². The molecular formula is C23H29N5O13. The number of nitrogens with zero attached hydrogens (tertiary/aromatic N) is 4. The Kier molecular flexibility index (Phi) is 10.2. The summed E-state index contributed by atoms with van der Waals surface area (Å²) in [6.07, 6.45) is -8.58. The normalized spacial score (nSPS) is 29.1. The van der Waals surface area contributed by atoms with Gasteiger partial charge in [-0.05, 0) is 12.5 Å². The molecule has 18 heteroatoms. The van der Waals surface area contributed by atoms with Gasteiger partial charge >= 0.3 is 29.6 Å². The van der Waals surface area contributed by atoms with Crippen molar-refractivity contribution in [3.63, 3.8) is 0 Å². The third-order valence-corrected chi connectivity index (χ3v) is 6.12. The number of aromatic nitrogens is 2. The second kappa shape index (κ2) is 13.4. The van der Waals surface area contributed by atoms with Crippen LogP contribution in [0.1, 0.15) is 39.0 Å². The first kappa shape index (κ1) is 31.3. The third-order valence-electron chi connectivity index (χ3n) is 6.12. The van der Waals surface area contributed by atoms with Crippen molar-refractivity contribution in [2.45, 2.75) is 83.2 Å². The van der Waals surface area contributed by atoms with E-state index in [4.69, 9.17) is 38.7 Å². The number of azide groups is 1. The maximum absolute atomic E-state index is 12.6. The van der Waals surface area contributed by atoms with Crippen LogP contribution in [-0.4, -0.2) is 90.0 Å². The van der Waals surface area contributed by atoms with Gasteiger partial charge in [-0.2, -0.15) is 0 Å². The summed E-state index contributed by atoms with van der Waals surface area (Å²) in [5.41, 5.74) is 7.97. The van der Waals surface area contributed by atoms with Gasteiger partial charge in [0.15, 0.2) is 30.7 Å². The van der Waals surface area contributed by atoms with Crippen molar-refractivity contribution in [2.24, 2.45) is 5.11 Å². The molecule has 18 nitrogen and oxygen atoms in total. The topological polar surface area (TPSA) is 237 Å². The average Bonchev–Trinajstić information content (AvgIpc) is 3.28. The Labute approximate surface area is 231 Å². The molecule has 224 valence electrons. The number of aromatic amines is 1. The Morgan fingerprint density at radius 3 is 2.24 bits per heavy atom. The summed E-state index contributed by atoms with van der Waals surface area (Å²) in [7, 11) is 1.04. The lowest BCUT2D eigenvalue weighted by Crippen LogP contribution is -2.64. The number of aryl methyl sites for hydroxylation is 1. The molecule has 8 atom stereocenters. The number of rotatable bonds is 9. The number of hydrogen-bond acceptors (Lipinski definition) is 14. The highest BCUT2D eigenvalue weighted by atomic mass is 16.7. The van der Waals surface area contributed by atoms with Gasteiger partial charge in [-0.1, -0.05) is 5.11 Å². The molecule has 2 aliphatic heterocycles. The van der Waals surface area contributed by atoms with Crippen LogP contribution in [0.5, 0.6) is 0 Å². The first-order valence-corrected chi connectivity index (χ1v) is 12.2. The zero-order valence-electron chi connectivity index (χ0n) is 22.7. The van der Waals surface area contributed by atoms with Gasteiger partial charge in [0.05, 0.1) is 25.9 Å². The van der Waals surface area contributed by atoms with Crippen LogP contribution in [0, 0.1) is 6.92 Å². The lowest BCUT2D eigenvalue weighted by molar-refractivity contribution is -0.305. The molecule has 1 unspecified atom stereocenters. The molecule has 0 aromatic carbocycles. The van der Waals surface area contributed by atoms with Crippen molar-refractivity contribution in [3.8, 4) is 0 Å². The number of carbonyl (C=O) groups is 4. The molecule has 0 saturated carbocycles. The Hall–Kier alpha value is -4.25. The summed E-state index contributed by atoms with van der Waals surface area (Å²) in [5.74, 6) is -3.58. The maximum Gasteiger partial charge on any atom is 0.339 e. The molecule has 1 aromatic rings. The molecule has 41 heavy (non-hydrogen) atoms. The third kappa shape index (κ3) is 7.49. The van der Waals surface area contributed by atoms with Gasteiger partial charge in [0.1, 0.15) is 6.23 Å². The predicted octanol–water partition coefficient (Wildman–Crippen LogP) is -0.479. The zero-order valence-corrected chi connectivity index (χ0v) is 22.7. The Balaban J connectivity index is 1.91. The minimum atomic E-state index is -1.67. The summed E-state index contributed by atoms with van der Waals surface area (Å²) >= 11 is 0. The van der Waals surface area contributed by atoms with E-state index in [1.54, 1.807) is 0 Å². The van der Waals surface area contributed by atoms with Crippen LogP contribution in [0.25, 0.3) is 10.4 Å². The van der Waals surface area contributed by atoms with Crippen molar-refractivity contribution in [2.75, 3.05) is 13.7 Å². The fraction of sp³-hybridized carbons (Fsp3) is 0.652. The molecule has 0 spiro atoms. The fourth-order valence-corrected chi connectivity index (χ4v) is 4.43. The number of carbonyl (C=O) groups excluding carboxylic acids is 4. The van der Waals surface area contributed by atoms with Gasteiger partial charge in [-0.15, -0.1) is 0 Å². The Bertz CT molecular complexity index is 1340. The summed E-state index contributed by atoms with van der Waals surface area (Å²) in [6.45, 7) is 4.23. The van der Waals surface area contributed by atoms with Crippen molar-refractivity contribution in [1.82, 2.24) is 9.55 Å². The highest BCUT2D eigenvalue weighted by Gasteiger charge is 2.55. The molecule has 2 fully saturated rings. The van der Waals surface area contributed by atoms with Gasteiger partial charge in [0, 0.05) is 43.9 Å². The quantitative estimate of drug-likeness (QED) is 0.127. The van der Waals surface area contributed by atoms with Crippen molar-refractivity contribution in [1.29, 1.82) is 0 Å². The Morgan fingerprint density at radius 1 is 1.05 bits per heavy atom. The first-order valence-electron chi connectivity index (χ1n) is 12.2. The first-order chi connectivity index (χ1) is 19.4. The second-order valence-corrected chi connectivity index (χ2v) is 9.12. The fourth-order valence-electron chi connectivity index (χ4n) is 4.43. The van der Waals surface area contributed by atoms with Crippen molar-refractivity contribution < 1.29 is 52.3 Å². The molecular weight excluding hydrogens is 554 g/mol. The maximum atomic E-state index is 12.6. The molecule has 0 aliphatic carbocycles. The van der Waals surface area contributed by atoms with Crippen LogP contribution < -0.4 is 11.2 Å². The molecule has 3 heterocycles. The second-order valence-electron chi connectivity index (χ2n) is 9.12. The molecule has 1 N–H and O–H groups in total. The standard InChI is InChI=1S/C23H29N5O13/c1-9-7-28(23(34)25-20(9)32)15-6-13(26-27-24)14(40-15)8-36-22-19(39-12(4)31)17(38-11(3)30)16(37-10(2)29)18(41-22)21(33)35-5/h7,13-19,22H,6,8H2,1-5H3,(H,25,32,34)/t13-,14-,15-,16+,17+,18?,19+,22-/m1/s1. The molecule has 1 aromatic heterocycles. The largest absolute Gasteiger partial charge is 0.467 e. The van der Waals surface area contributed by atoms with E-state index in [-0.39, 0.29) is 12.0 Å². The van der Waals surface area contributed by atoms with Crippen LogP contribution in [0.2, 0.25) is 0 Å². The van der Waals surface area contributed by atoms with E-state index in [1.807, 2.05) is 0 Å². The summed E-state index contributed by atoms with van der Waals surface area (Å²) in [4.78, 5) is 77.4. The van der Waals surface area contributed by atoms with Gasteiger partial charge in [-0.3, -0.25) is 28.7 Å². The zero-order chi connectivity index (χ0) is 30.4. The minimum absolute atomic E-state index is 0.0256. The summed E-state index contributed by atoms with van der Waals surface area (Å²) in [6, 6.07) is -0.866. The number of hydrogen-bond donors (Lipinski definition) is 1. The SMILES string of the molecule is COC(=O)C1O[C@@H](OC[C@H]2O[C@@H](n3cc(C)c(=O)[nH]c3=O)C[C@H]2N=[N+]=[N-])[C@@H](OC(C)=O)[C@@H](OC(C)=O)[C@@H]1OC(C)=O. The highest BCUT2D eigenvalue weighted by molar-refractivity contribution is 5.77. The number of nitrogens with one attached hydrogen (secondary N) is 1. The van der Waals surface area contributed by atoms with Crippen LogP contribution in [0.4, 0.5) is 0 Å².